The van der Waals surface area contributed by atoms with Gasteiger partial charge in [-0.15, -0.1) is 0 Å². The smallest absolute Gasteiger partial charge is 0.292 e. The molecule has 138 valence electrons. The zero-order chi connectivity index (χ0) is 19.4. The average Bonchev–Trinajstić information content (AvgIpc) is 2.93. The maximum absolute atomic E-state index is 13.0. The Balaban J connectivity index is 2.30. The molecular formula is C17H16F3N3O2S. The highest BCUT2D eigenvalue weighted by molar-refractivity contribution is 7.13. The van der Waals surface area contributed by atoms with Crippen LogP contribution in [0, 0.1) is 0 Å². The Bertz CT molecular complexity index is 1120. The van der Waals surface area contributed by atoms with Crippen LogP contribution in [0.5, 0.6) is 0 Å². The van der Waals surface area contributed by atoms with E-state index < -0.39 is 23.1 Å². The van der Waals surface area contributed by atoms with E-state index in [1.807, 2.05) is 20.8 Å². The van der Waals surface area contributed by atoms with Gasteiger partial charge in [0.05, 0.1) is 16.1 Å². The third-order valence-corrected chi connectivity index (χ3v) is 4.86. The molecule has 0 bridgehead atoms. The maximum Gasteiger partial charge on any atom is 0.431 e. The van der Waals surface area contributed by atoms with Crippen LogP contribution in [0.1, 0.15) is 32.2 Å². The van der Waals surface area contributed by atoms with E-state index in [2.05, 4.69) is 4.37 Å². The van der Waals surface area contributed by atoms with E-state index in [0.717, 1.165) is 27.4 Å². The fraction of sp³-hybridized carbons (Fsp3) is 0.353. The topological polar surface area (TPSA) is 56.9 Å². The Kier molecular flexibility index (Phi) is 4.10. The van der Waals surface area contributed by atoms with E-state index in [0.29, 0.717) is 10.6 Å². The van der Waals surface area contributed by atoms with Crippen molar-refractivity contribution < 1.29 is 13.2 Å². The van der Waals surface area contributed by atoms with Crippen molar-refractivity contribution in [3.63, 3.8) is 0 Å². The Morgan fingerprint density at radius 2 is 1.73 bits per heavy atom. The van der Waals surface area contributed by atoms with E-state index in [-0.39, 0.29) is 11.1 Å². The van der Waals surface area contributed by atoms with Gasteiger partial charge in [-0.2, -0.15) is 17.5 Å². The van der Waals surface area contributed by atoms with Crippen molar-refractivity contribution in [1.29, 1.82) is 0 Å². The molecule has 0 aliphatic heterocycles. The predicted molar refractivity (Wildman–Crippen MR) is 94.2 cm³/mol. The molecule has 0 saturated heterocycles. The summed E-state index contributed by atoms with van der Waals surface area (Å²) >= 11 is 1.29. The molecule has 0 amide bonds. The normalized spacial score (nSPS) is 12.7. The largest absolute Gasteiger partial charge is 0.431 e. The molecule has 5 nitrogen and oxygen atoms in total. The highest BCUT2D eigenvalue weighted by Crippen LogP contribution is 2.33. The first-order valence-corrected chi connectivity index (χ1v) is 8.49. The van der Waals surface area contributed by atoms with E-state index in [9.17, 15) is 22.8 Å². The molecule has 26 heavy (non-hydrogen) atoms. The van der Waals surface area contributed by atoms with E-state index in [1.165, 1.54) is 17.6 Å². The molecular weight excluding hydrogens is 367 g/mol. The quantitative estimate of drug-likeness (QED) is 0.647. The van der Waals surface area contributed by atoms with E-state index in [4.69, 9.17) is 0 Å². The van der Waals surface area contributed by atoms with Gasteiger partial charge in [0, 0.05) is 23.9 Å². The molecule has 1 aromatic carbocycles. The summed E-state index contributed by atoms with van der Waals surface area (Å²) in [5, 5.41) is 0.772. The van der Waals surface area contributed by atoms with Crippen LogP contribution in [-0.2, 0) is 18.6 Å². The number of rotatable bonds is 1. The van der Waals surface area contributed by atoms with Crippen LogP contribution < -0.4 is 11.2 Å². The SMILES string of the molecule is Cn1c(C(F)(F)F)cc(=O)n(-c2ccc3snc(C(C)(C)C)c3c2)c1=O. The Hall–Kier alpha value is -2.42. The second-order valence-corrected chi connectivity index (χ2v) is 7.81. The number of fused-ring (bicyclic) bond motifs is 1. The van der Waals surface area contributed by atoms with Crippen molar-refractivity contribution in [1.82, 2.24) is 13.5 Å². The summed E-state index contributed by atoms with van der Waals surface area (Å²) < 4.78 is 45.4. The molecule has 3 aromatic rings. The van der Waals surface area contributed by atoms with Crippen molar-refractivity contribution in [3.05, 3.63) is 56.5 Å². The molecule has 0 aliphatic rings. The molecule has 9 heteroatoms. The summed E-state index contributed by atoms with van der Waals surface area (Å²) in [5.41, 5.74) is -2.60. The minimum atomic E-state index is -4.78. The number of halogens is 3. The minimum Gasteiger partial charge on any atom is -0.292 e. The van der Waals surface area contributed by atoms with Gasteiger partial charge in [-0.1, -0.05) is 20.8 Å². The standard InChI is InChI=1S/C17H16F3N3O2S/c1-16(2,3)14-10-7-9(5-6-11(10)26-21-14)23-13(24)8-12(17(18,19)20)22(4)15(23)25/h5-8H,1-4H3. The van der Waals surface area contributed by atoms with Gasteiger partial charge in [-0.3, -0.25) is 9.36 Å². The summed E-state index contributed by atoms with van der Waals surface area (Å²) in [6, 6.07) is 5.29. The number of aromatic nitrogens is 3. The first-order valence-electron chi connectivity index (χ1n) is 7.72. The summed E-state index contributed by atoms with van der Waals surface area (Å²) in [6.45, 7) is 5.95. The Labute approximate surface area is 150 Å². The van der Waals surface area contributed by atoms with Crippen LogP contribution in [0.4, 0.5) is 13.2 Å². The van der Waals surface area contributed by atoms with Crippen LogP contribution in [-0.4, -0.2) is 13.5 Å². The van der Waals surface area contributed by atoms with Gasteiger partial charge in [-0.25, -0.2) is 9.36 Å². The number of hydrogen-bond acceptors (Lipinski definition) is 4. The minimum absolute atomic E-state index is 0.211. The molecule has 0 radical (unpaired) electrons. The van der Waals surface area contributed by atoms with Crippen LogP contribution in [0.3, 0.4) is 0 Å². The molecule has 3 rings (SSSR count). The highest BCUT2D eigenvalue weighted by atomic mass is 32.1. The van der Waals surface area contributed by atoms with Crippen molar-refractivity contribution >= 4 is 21.6 Å². The van der Waals surface area contributed by atoms with Gasteiger partial charge in [0.25, 0.3) is 5.56 Å². The predicted octanol–water partition coefficient (Wildman–Crippen LogP) is 3.46. The Morgan fingerprint density at radius 3 is 2.31 bits per heavy atom. The highest BCUT2D eigenvalue weighted by Gasteiger charge is 2.35. The van der Waals surface area contributed by atoms with Gasteiger partial charge in [0.1, 0.15) is 5.69 Å². The van der Waals surface area contributed by atoms with Crippen LogP contribution in [0.25, 0.3) is 15.8 Å². The van der Waals surface area contributed by atoms with Gasteiger partial charge < -0.3 is 0 Å². The molecule has 0 saturated carbocycles. The molecule has 0 atom stereocenters. The zero-order valence-electron chi connectivity index (χ0n) is 14.5. The van der Waals surface area contributed by atoms with Gasteiger partial charge >= 0.3 is 11.9 Å². The van der Waals surface area contributed by atoms with Gasteiger partial charge in [-0.05, 0) is 29.7 Å². The van der Waals surface area contributed by atoms with Crippen molar-refractivity contribution in [3.8, 4) is 5.69 Å². The van der Waals surface area contributed by atoms with Crippen LogP contribution in [0.2, 0.25) is 0 Å². The first kappa shape index (κ1) is 18.4. The van der Waals surface area contributed by atoms with Crippen molar-refractivity contribution in [2.45, 2.75) is 32.4 Å². The molecule has 0 N–H and O–H groups in total. The maximum atomic E-state index is 13.0. The summed E-state index contributed by atoms with van der Waals surface area (Å²) in [7, 11) is 0.992. The summed E-state index contributed by atoms with van der Waals surface area (Å²) in [5.74, 6) is 0. The van der Waals surface area contributed by atoms with Crippen LogP contribution in [0.15, 0.2) is 33.9 Å². The third kappa shape index (κ3) is 2.96. The lowest BCUT2D eigenvalue weighted by Gasteiger charge is -2.16. The molecule has 0 fully saturated rings. The lowest BCUT2D eigenvalue weighted by atomic mass is 9.90. The van der Waals surface area contributed by atoms with Crippen LogP contribution >= 0.6 is 11.5 Å². The molecule has 0 unspecified atom stereocenters. The number of benzene rings is 1. The second kappa shape index (κ2) is 5.80. The number of alkyl halides is 3. The fourth-order valence-electron chi connectivity index (χ4n) is 2.74. The van der Waals surface area contributed by atoms with Crippen molar-refractivity contribution in [2.24, 2.45) is 7.05 Å². The first-order chi connectivity index (χ1) is 11.9. The Morgan fingerprint density at radius 1 is 1.08 bits per heavy atom. The summed E-state index contributed by atoms with van der Waals surface area (Å²) in [6.07, 6.45) is -4.78. The fourth-order valence-corrected chi connectivity index (χ4v) is 3.69. The van der Waals surface area contributed by atoms with E-state index >= 15 is 0 Å². The molecule has 0 spiro atoms. The average molecular weight is 383 g/mol. The summed E-state index contributed by atoms with van der Waals surface area (Å²) in [4.78, 5) is 24.7. The third-order valence-electron chi connectivity index (χ3n) is 4.03. The molecule has 0 aliphatic carbocycles. The number of hydrogen-bond donors (Lipinski definition) is 0. The lowest BCUT2D eigenvalue weighted by Crippen LogP contribution is -2.40. The second-order valence-electron chi connectivity index (χ2n) is 7.00. The zero-order valence-corrected chi connectivity index (χ0v) is 15.3. The lowest BCUT2D eigenvalue weighted by molar-refractivity contribution is -0.144. The van der Waals surface area contributed by atoms with Gasteiger partial charge in [0.2, 0.25) is 0 Å². The van der Waals surface area contributed by atoms with E-state index in [1.54, 1.807) is 12.1 Å². The van der Waals surface area contributed by atoms with Gasteiger partial charge in [0.15, 0.2) is 0 Å². The monoisotopic (exact) mass is 383 g/mol. The molecule has 2 heterocycles. The number of nitrogens with zero attached hydrogens (tertiary/aromatic N) is 3. The van der Waals surface area contributed by atoms with Crippen molar-refractivity contribution in [2.75, 3.05) is 0 Å². The molecule has 2 aromatic heterocycles.